The first-order valence-electron chi connectivity index (χ1n) is 13.5. The molecule has 0 saturated carbocycles. The van der Waals surface area contributed by atoms with Crippen molar-refractivity contribution < 1.29 is 28.1 Å². The molecule has 0 aromatic heterocycles. The van der Waals surface area contributed by atoms with Crippen molar-refractivity contribution in [2.75, 3.05) is 13.7 Å². The van der Waals surface area contributed by atoms with Gasteiger partial charge in [0.05, 0.1) is 26.4 Å². The van der Waals surface area contributed by atoms with Crippen molar-refractivity contribution in [1.29, 1.82) is 0 Å². The Kier molecular flexibility index (Phi) is 9.35. The van der Waals surface area contributed by atoms with Crippen LogP contribution in [0.25, 0.3) is 0 Å². The molecule has 4 rings (SSSR count). The van der Waals surface area contributed by atoms with Crippen molar-refractivity contribution >= 4 is 8.32 Å². The van der Waals surface area contributed by atoms with E-state index in [4.69, 9.17) is 34.5 Å². The lowest BCUT2D eigenvalue weighted by atomic mass is 9.91. The fraction of sp³-hybridized carbons (Fsp3) is 0.548. The zero-order valence-electron chi connectivity index (χ0n) is 23.5. The average molecular weight is 539 g/mol. The number of terminal acetylenes is 1. The van der Waals surface area contributed by atoms with Gasteiger partial charge in [0, 0.05) is 12.0 Å². The molecular weight excluding hydrogens is 496 g/mol. The number of hydrogen-bond donors (Lipinski definition) is 0. The van der Waals surface area contributed by atoms with Gasteiger partial charge in [-0.15, -0.1) is 12.3 Å². The van der Waals surface area contributed by atoms with Crippen molar-refractivity contribution in [3.63, 3.8) is 0 Å². The number of hydrogen-bond acceptors (Lipinski definition) is 6. The molecule has 6 atom stereocenters. The largest absolute Gasteiger partial charge is 0.497 e. The molecule has 6 nitrogen and oxygen atoms in total. The van der Waals surface area contributed by atoms with E-state index in [0.29, 0.717) is 26.1 Å². The van der Waals surface area contributed by atoms with E-state index in [2.05, 4.69) is 51.9 Å². The first-order chi connectivity index (χ1) is 18.1. The van der Waals surface area contributed by atoms with Gasteiger partial charge in [0.25, 0.3) is 0 Å². The third-order valence-electron chi connectivity index (χ3n) is 7.91. The van der Waals surface area contributed by atoms with Crippen molar-refractivity contribution in [2.24, 2.45) is 0 Å². The SMILES string of the molecule is C#CCC[C@H]1O[C@@H]2COC(c3ccc(OC)cc3)O[C@H]2[C@@H](OCc2ccccc2)[C@@H]1O[Si](C)(C)C(C)(C)C. The highest BCUT2D eigenvalue weighted by Crippen LogP contribution is 2.43. The van der Waals surface area contributed by atoms with Crippen LogP contribution in [0.4, 0.5) is 0 Å². The van der Waals surface area contributed by atoms with Crippen LogP contribution in [-0.4, -0.2) is 52.6 Å². The van der Waals surface area contributed by atoms with Crippen LogP contribution in [-0.2, 0) is 30.0 Å². The number of fused-ring (bicyclic) bond motifs is 1. The summed E-state index contributed by atoms with van der Waals surface area (Å²) in [4.78, 5) is 0. The molecule has 2 saturated heterocycles. The minimum absolute atomic E-state index is 0.0205. The van der Waals surface area contributed by atoms with Gasteiger partial charge in [-0.2, -0.15) is 0 Å². The predicted molar refractivity (Wildman–Crippen MR) is 150 cm³/mol. The molecule has 2 aliphatic rings. The first-order valence-corrected chi connectivity index (χ1v) is 16.4. The second kappa shape index (κ2) is 12.3. The molecule has 2 aliphatic heterocycles. The molecule has 2 aromatic carbocycles. The van der Waals surface area contributed by atoms with Crippen LogP contribution in [0.3, 0.4) is 0 Å². The Morgan fingerprint density at radius 2 is 1.71 bits per heavy atom. The second-order valence-electron chi connectivity index (χ2n) is 11.6. The Morgan fingerprint density at radius 1 is 1.00 bits per heavy atom. The summed E-state index contributed by atoms with van der Waals surface area (Å²) in [5.74, 6) is 3.56. The number of benzene rings is 2. The summed E-state index contributed by atoms with van der Waals surface area (Å²) < 4.78 is 38.5. The van der Waals surface area contributed by atoms with E-state index in [1.807, 2.05) is 42.5 Å². The number of ether oxygens (including phenoxy) is 5. The standard InChI is InChI=1S/C31H42O6Si/c1-8-9-15-25-28(37-38(6,7)31(2,3)4)29(33-20-22-13-11-10-12-14-22)27-26(35-25)21-34-30(36-27)23-16-18-24(32-5)19-17-23/h1,10-14,16-19,25-30H,9,15,20-21H2,2-7H3/t25-,26-,27-,28-,29-,30?/m1/s1. The first kappa shape index (κ1) is 28.8. The predicted octanol–water partition coefficient (Wildman–Crippen LogP) is 6.27. The summed E-state index contributed by atoms with van der Waals surface area (Å²) in [7, 11) is -0.531. The maximum Gasteiger partial charge on any atom is 0.192 e. The van der Waals surface area contributed by atoms with Crippen LogP contribution in [0.15, 0.2) is 54.6 Å². The summed E-state index contributed by atoms with van der Waals surface area (Å²) in [6, 6.07) is 17.9. The molecule has 0 N–H and O–H groups in total. The fourth-order valence-corrected chi connectivity index (χ4v) is 5.98. The van der Waals surface area contributed by atoms with Crippen molar-refractivity contribution in [3.8, 4) is 18.1 Å². The number of methoxy groups -OCH3 is 1. The van der Waals surface area contributed by atoms with Crippen LogP contribution in [0.5, 0.6) is 5.75 Å². The minimum atomic E-state index is -2.18. The average Bonchev–Trinajstić information content (AvgIpc) is 2.91. The van der Waals surface area contributed by atoms with Gasteiger partial charge in [-0.3, -0.25) is 0 Å². The van der Waals surface area contributed by atoms with Crippen LogP contribution in [0.1, 0.15) is 51.0 Å². The fourth-order valence-electron chi connectivity index (χ4n) is 4.66. The summed E-state index contributed by atoms with van der Waals surface area (Å²) in [6.07, 6.45) is 4.88. The Bertz CT molecular complexity index is 1060. The van der Waals surface area contributed by atoms with E-state index in [1.165, 1.54) is 0 Å². The lowest BCUT2D eigenvalue weighted by Gasteiger charge is -2.52. The third kappa shape index (κ3) is 6.68. The van der Waals surface area contributed by atoms with E-state index in [1.54, 1.807) is 7.11 Å². The molecule has 2 heterocycles. The van der Waals surface area contributed by atoms with Gasteiger partial charge in [-0.05, 0) is 42.2 Å². The highest BCUT2D eigenvalue weighted by molar-refractivity contribution is 6.74. The van der Waals surface area contributed by atoms with Gasteiger partial charge < -0.3 is 28.1 Å². The maximum atomic E-state index is 7.06. The highest BCUT2D eigenvalue weighted by Gasteiger charge is 2.53. The minimum Gasteiger partial charge on any atom is -0.497 e. The van der Waals surface area contributed by atoms with Crippen LogP contribution in [0, 0.1) is 12.3 Å². The van der Waals surface area contributed by atoms with Gasteiger partial charge in [0.2, 0.25) is 0 Å². The van der Waals surface area contributed by atoms with Crippen molar-refractivity contribution in [1.82, 2.24) is 0 Å². The smallest absolute Gasteiger partial charge is 0.192 e. The summed E-state index contributed by atoms with van der Waals surface area (Å²) in [5.41, 5.74) is 2.02. The molecular formula is C31H42O6Si. The van der Waals surface area contributed by atoms with Crippen LogP contribution < -0.4 is 4.74 Å². The molecule has 0 aliphatic carbocycles. The van der Waals surface area contributed by atoms with E-state index in [0.717, 1.165) is 16.9 Å². The van der Waals surface area contributed by atoms with E-state index in [-0.39, 0.29) is 35.6 Å². The van der Waals surface area contributed by atoms with Crippen LogP contribution >= 0.6 is 0 Å². The third-order valence-corrected chi connectivity index (χ3v) is 12.4. The number of rotatable bonds is 9. The van der Waals surface area contributed by atoms with Crippen molar-refractivity contribution in [3.05, 3.63) is 65.7 Å². The topological polar surface area (TPSA) is 55.4 Å². The van der Waals surface area contributed by atoms with E-state index >= 15 is 0 Å². The molecule has 0 spiro atoms. The zero-order chi connectivity index (χ0) is 27.3. The Hall–Kier alpha value is -2.18. The lowest BCUT2D eigenvalue weighted by Crippen LogP contribution is -2.65. The monoisotopic (exact) mass is 538 g/mol. The van der Waals surface area contributed by atoms with Gasteiger partial charge in [0.15, 0.2) is 14.6 Å². The molecule has 7 heteroatoms. The lowest BCUT2D eigenvalue weighted by molar-refractivity contribution is -0.333. The quantitative estimate of drug-likeness (QED) is 0.277. The molecule has 38 heavy (non-hydrogen) atoms. The van der Waals surface area contributed by atoms with Crippen LogP contribution in [0.2, 0.25) is 18.1 Å². The Morgan fingerprint density at radius 3 is 2.34 bits per heavy atom. The van der Waals surface area contributed by atoms with E-state index < -0.39 is 14.6 Å². The summed E-state index contributed by atoms with van der Waals surface area (Å²) >= 11 is 0. The molecule has 206 valence electrons. The summed E-state index contributed by atoms with van der Waals surface area (Å²) in [6.45, 7) is 12.1. The van der Waals surface area contributed by atoms with Gasteiger partial charge in [0.1, 0.15) is 30.2 Å². The molecule has 0 radical (unpaired) electrons. The maximum absolute atomic E-state index is 7.06. The van der Waals surface area contributed by atoms with Gasteiger partial charge in [-0.25, -0.2) is 0 Å². The Balaban J connectivity index is 1.65. The molecule has 2 fully saturated rings. The van der Waals surface area contributed by atoms with Gasteiger partial charge in [-0.1, -0.05) is 63.2 Å². The van der Waals surface area contributed by atoms with Gasteiger partial charge >= 0.3 is 0 Å². The molecule has 1 unspecified atom stereocenters. The molecule has 2 aromatic rings. The van der Waals surface area contributed by atoms with Crippen molar-refractivity contribution in [2.45, 2.75) is 95.2 Å². The molecule has 0 amide bonds. The summed E-state index contributed by atoms with van der Waals surface area (Å²) in [5, 5.41) is 0.0205. The normalized spacial score (nSPS) is 27.8. The zero-order valence-corrected chi connectivity index (χ0v) is 24.5. The molecule has 0 bridgehead atoms. The van der Waals surface area contributed by atoms with E-state index in [9.17, 15) is 0 Å². The second-order valence-corrected chi connectivity index (χ2v) is 16.4. The Labute approximate surface area is 229 Å². The highest BCUT2D eigenvalue weighted by atomic mass is 28.4.